The molecule has 2 amide bonds. The van der Waals surface area contributed by atoms with Crippen LogP contribution >= 0.6 is 11.6 Å². The molecule has 0 unspecified atom stereocenters. The molecule has 1 N–H and O–H groups in total. The zero-order chi connectivity index (χ0) is 28.7. The van der Waals surface area contributed by atoms with Gasteiger partial charge in [-0.3, -0.25) is 13.9 Å². The van der Waals surface area contributed by atoms with Gasteiger partial charge in [0.1, 0.15) is 12.6 Å². The van der Waals surface area contributed by atoms with Crippen LogP contribution in [0.4, 0.5) is 5.69 Å². The van der Waals surface area contributed by atoms with Crippen molar-refractivity contribution < 1.29 is 18.0 Å². The lowest BCUT2D eigenvalue weighted by Gasteiger charge is -2.32. The van der Waals surface area contributed by atoms with Crippen LogP contribution < -0.4 is 9.62 Å². The van der Waals surface area contributed by atoms with Crippen LogP contribution in [0.25, 0.3) is 0 Å². The van der Waals surface area contributed by atoms with Crippen LogP contribution in [-0.2, 0) is 26.2 Å². The molecule has 3 aromatic rings. The normalized spacial score (nSPS) is 12.2. The Morgan fingerprint density at radius 2 is 1.54 bits per heavy atom. The fourth-order valence-electron chi connectivity index (χ4n) is 4.02. The maximum Gasteiger partial charge on any atom is 0.264 e. The number of carbonyl (C=O) groups is 2. The minimum Gasteiger partial charge on any atom is -0.354 e. The van der Waals surface area contributed by atoms with Gasteiger partial charge in [0.25, 0.3) is 10.0 Å². The molecule has 7 nitrogen and oxygen atoms in total. The Kier molecular flexibility index (Phi) is 10.2. The summed E-state index contributed by atoms with van der Waals surface area (Å²) in [7, 11) is -4.14. The molecular formula is C30H36ClN3O4S. The number of rotatable bonds is 11. The minimum absolute atomic E-state index is 0.0463. The van der Waals surface area contributed by atoms with Crippen molar-refractivity contribution in [1.29, 1.82) is 0 Å². The molecule has 0 saturated heterocycles. The summed E-state index contributed by atoms with van der Waals surface area (Å²) in [6, 6.07) is 19.7. The van der Waals surface area contributed by atoms with E-state index in [0.717, 1.165) is 15.4 Å². The molecule has 1 atom stereocenters. The van der Waals surface area contributed by atoms with Crippen LogP contribution in [-0.4, -0.2) is 44.3 Å². The van der Waals surface area contributed by atoms with Gasteiger partial charge in [0.05, 0.1) is 10.6 Å². The second-order valence-electron chi connectivity index (χ2n) is 10.0. The first-order valence-corrected chi connectivity index (χ1v) is 14.7. The van der Waals surface area contributed by atoms with E-state index in [1.165, 1.54) is 17.0 Å². The molecule has 0 bridgehead atoms. The van der Waals surface area contributed by atoms with Crippen molar-refractivity contribution in [2.45, 2.75) is 52.1 Å². The van der Waals surface area contributed by atoms with Crippen molar-refractivity contribution in [2.24, 2.45) is 5.92 Å². The lowest BCUT2D eigenvalue weighted by atomic mass is 10.1. The highest BCUT2D eigenvalue weighted by Crippen LogP contribution is 2.31. The highest BCUT2D eigenvalue weighted by atomic mass is 35.5. The Morgan fingerprint density at radius 3 is 2.15 bits per heavy atom. The van der Waals surface area contributed by atoms with Gasteiger partial charge in [-0.2, -0.15) is 0 Å². The second kappa shape index (κ2) is 13.1. The molecule has 3 aromatic carbocycles. The van der Waals surface area contributed by atoms with Crippen molar-refractivity contribution >= 4 is 39.1 Å². The number of amides is 2. The van der Waals surface area contributed by atoms with E-state index < -0.39 is 28.5 Å². The van der Waals surface area contributed by atoms with E-state index in [0.29, 0.717) is 22.8 Å². The minimum atomic E-state index is -4.14. The van der Waals surface area contributed by atoms with Crippen LogP contribution in [0, 0.1) is 19.8 Å². The number of sulfonamides is 1. The molecule has 3 rings (SSSR count). The summed E-state index contributed by atoms with van der Waals surface area (Å²) in [5, 5.41) is 3.27. The van der Waals surface area contributed by atoms with Gasteiger partial charge in [0.15, 0.2) is 0 Å². The van der Waals surface area contributed by atoms with E-state index in [1.807, 2.05) is 45.0 Å². The number of nitrogens with zero attached hydrogens (tertiary/aromatic N) is 2. The number of benzene rings is 3. The molecule has 0 spiro atoms. The third kappa shape index (κ3) is 7.61. The fourth-order valence-corrected chi connectivity index (χ4v) is 5.69. The SMILES string of the molecule is Cc1ccc(CN(C(=O)CN(c2cccc(Cl)c2C)S(=O)(=O)c2ccccc2)[C@@H](C)C(=O)NCC(C)C)cc1. The van der Waals surface area contributed by atoms with Crippen molar-refractivity contribution in [3.8, 4) is 0 Å². The highest BCUT2D eigenvalue weighted by Gasteiger charge is 2.33. The molecule has 208 valence electrons. The van der Waals surface area contributed by atoms with Gasteiger partial charge in [-0.1, -0.05) is 79.5 Å². The maximum absolute atomic E-state index is 14.0. The average molecular weight is 570 g/mol. The lowest BCUT2D eigenvalue weighted by molar-refractivity contribution is -0.139. The third-order valence-corrected chi connectivity index (χ3v) is 8.63. The van der Waals surface area contributed by atoms with Gasteiger partial charge < -0.3 is 10.2 Å². The third-order valence-electron chi connectivity index (χ3n) is 6.44. The number of anilines is 1. The Hall–Kier alpha value is -3.36. The monoisotopic (exact) mass is 569 g/mol. The lowest BCUT2D eigenvalue weighted by Crippen LogP contribution is -2.51. The Labute approximate surface area is 236 Å². The number of carbonyl (C=O) groups excluding carboxylic acids is 2. The number of hydrogen-bond acceptors (Lipinski definition) is 4. The molecule has 0 fully saturated rings. The van der Waals surface area contributed by atoms with Gasteiger partial charge in [-0.15, -0.1) is 0 Å². The van der Waals surface area contributed by atoms with Crippen LogP contribution in [0.1, 0.15) is 37.5 Å². The van der Waals surface area contributed by atoms with E-state index in [4.69, 9.17) is 11.6 Å². The summed E-state index contributed by atoms with van der Waals surface area (Å²) >= 11 is 6.36. The first-order chi connectivity index (χ1) is 18.4. The number of halogens is 1. The smallest absolute Gasteiger partial charge is 0.264 e. The average Bonchev–Trinajstić information content (AvgIpc) is 2.91. The first-order valence-electron chi connectivity index (χ1n) is 12.9. The number of hydrogen-bond donors (Lipinski definition) is 1. The summed E-state index contributed by atoms with van der Waals surface area (Å²) in [6.45, 7) is 9.40. The van der Waals surface area contributed by atoms with Crippen molar-refractivity contribution in [3.05, 3.63) is 94.5 Å². The highest BCUT2D eigenvalue weighted by molar-refractivity contribution is 7.92. The largest absolute Gasteiger partial charge is 0.354 e. The summed E-state index contributed by atoms with van der Waals surface area (Å²) in [5.74, 6) is -0.582. The van der Waals surface area contributed by atoms with Crippen LogP contribution in [0.5, 0.6) is 0 Å². The van der Waals surface area contributed by atoms with Gasteiger partial charge >= 0.3 is 0 Å². The molecular weight excluding hydrogens is 534 g/mol. The molecule has 0 heterocycles. The molecule has 0 aromatic heterocycles. The van der Waals surface area contributed by atoms with Crippen LogP contribution in [0.15, 0.2) is 77.7 Å². The summed E-state index contributed by atoms with van der Waals surface area (Å²) in [5.41, 5.74) is 2.72. The quantitative estimate of drug-likeness (QED) is 0.338. The predicted molar refractivity (Wildman–Crippen MR) is 156 cm³/mol. The van der Waals surface area contributed by atoms with Gasteiger partial charge in [-0.25, -0.2) is 8.42 Å². The number of nitrogens with one attached hydrogen (secondary N) is 1. The molecule has 39 heavy (non-hydrogen) atoms. The van der Waals surface area contributed by atoms with Crippen LogP contribution in [0.3, 0.4) is 0 Å². The predicted octanol–water partition coefficient (Wildman–Crippen LogP) is 5.34. The topological polar surface area (TPSA) is 86.8 Å². The summed E-state index contributed by atoms with van der Waals surface area (Å²) in [6.07, 6.45) is 0. The fraction of sp³-hybridized carbons (Fsp3) is 0.333. The van der Waals surface area contributed by atoms with Gasteiger partial charge in [0, 0.05) is 18.1 Å². The zero-order valence-corrected chi connectivity index (χ0v) is 24.6. The molecule has 9 heteroatoms. The summed E-state index contributed by atoms with van der Waals surface area (Å²) in [4.78, 5) is 28.5. The standard InChI is InChI=1S/C30H36ClN3O4S/c1-21(2)18-32-30(36)24(5)33(19-25-16-14-22(3)15-17-25)29(35)20-34(28-13-9-12-27(31)23(28)4)39(37,38)26-10-7-6-8-11-26/h6-17,21,24H,18-20H2,1-5H3,(H,32,36)/t24-/m0/s1. The van der Waals surface area contributed by atoms with E-state index in [9.17, 15) is 18.0 Å². The Balaban J connectivity index is 2.04. The van der Waals surface area contributed by atoms with Gasteiger partial charge in [-0.05, 0) is 62.1 Å². The molecule has 0 saturated carbocycles. The van der Waals surface area contributed by atoms with E-state index in [-0.39, 0.29) is 23.3 Å². The van der Waals surface area contributed by atoms with Crippen molar-refractivity contribution in [3.63, 3.8) is 0 Å². The first kappa shape index (κ1) is 30.2. The maximum atomic E-state index is 14.0. The van der Waals surface area contributed by atoms with Crippen molar-refractivity contribution in [2.75, 3.05) is 17.4 Å². The van der Waals surface area contributed by atoms with Gasteiger partial charge in [0.2, 0.25) is 11.8 Å². The molecule has 0 radical (unpaired) electrons. The summed E-state index contributed by atoms with van der Waals surface area (Å²) < 4.78 is 28.8. The molecule has 0 aliphatic rings. The van der Waals surface area contributed by atoms with E-state index >= 15 is 0 Å². The van der Waals surface area contributed by atoms with E-state index in [1.54, 1.807) is 50.2 Å². The van der Waals surface area contributed by atoms with Crippen molar-refractivity contribution in [1.82, 2.24) is 10.2 Å². The van der Waals surface area contributed by atoms with E-state index in [2.05, 4.69) is 5.32 Å². The zero-order valence-electron chi connectivity index (χ0n) is 23.0. The Morgan fingerprint density at radius 1 is 0.897 bits per heavy atom. The van der Waals surface area contributed by atoms with Crippen LogP contribution in [0.2, 0.25) is 5.02 Å². The second-order valence-corrected chi connectivity index (χ2v) is 12.3. The number of aryl methyl sites for hydroxylation is 1. The molecule has 0 aliphatic heterocycles. The Bertz CT molecular complexity index is 1390. The molecule has 0 aliphatic carbocycles.